The second-order valence-electron chi connectivity index (χ2n) is 4.20. The van der Waals surface area contributed by atoms with Crippen molar-refractivity contribution in [2.45, 2.75) is 32.9 Å². The monoisotopic (exact) mass is 211 g/mol. The molecule has 5 heteroatoms. The van der Waals surface area contributed by atoms with Crippen LogP contribution < -0.4 is 0 Å². The highest BCUT2D eigenvalue weighted by molar-refractivity contribution is 4.88. The van der Waals surface area contributed by atoms with Crippen LogP contribution in [0.3, 0.4) is 0 Å². The average Bonchev–Trinajstić information content (AvgIpc) is 2.75. The number of likely N-dealkylation sites (tertiary alicyclic amines) is 1. The third kappa shape index (κ3) is 2.18. The molecule has 5 nitrogen and oxygen atoms in total. The molecule has 15 heavy (non-hydrogen) atoms. The Labute approximate surface area is 89.1 Å². The number of nitrogens with zero attached hydrogens (tertiary/aromatic N) is 3. The van der Waals surface area contributed by atoms with Crippen LogP contribution in [0.5, 0.6) is 0 Å². The van der Waals surface area contributed by atoms with Gasteiger partial charge in [0, 0.05) is 13.0 Å². The van der Waals surface area contributed by atoms with Crippen LogP contribution in [0.1, 0.15) is 25.1 Å². The second-order valence-corrected chi connectivity index (χ2v) is 4.20. The Bertz CT molecular complexity index is 326. The van der Waals surface area contributed by atoms with Crippen molar-refractivity contribution in [1.82, 2.24) is 15.1 Å². The molecule has 2 heterocycles. The first-order valence-electron chi connectivity index (χ1n) is 5.34. The van der Waals surface area contributed by atoms with E-state index < -0.39 is 0 Å². The fourth-order valence-electron chi connectivity index (χ4n) is 2.15. The Hall–Kier alpha value is -0.940. The van der Waals surface area contributed by atoms with Gasteiger partial charge >= 0.3 is 0 Å². The van der Waals surface area contributed by atoms with Crippen LogP contribution in [0.2, 0.25) is 0 Å². The van der Waals surface area contributed by atoms with Crippen LogP contribution in [0.4, 0.5) is 0 Å². The van der Waals surface area contributed by atoms with E-state index in [-0.39, 0.29) is 12.6 Å². The lowest BCUT2D eigenvalue weighted by Gasteiger charge is -2.23. The molecule has 2 atom stereocenters. The van der Waals surface area contributed by atoms with Crippen molar-refractivity contribution in [3.8, 4) is 0 Å². The first-order chi connectivity index (χ1) is 7.20. The highest BCUT2D eigenvalue weighted by Crippen LogP contribution is 2.24. The summed E-state index contributed by atoms with van der Waals surface area (Å²) in [6.45, 7) is 5.80. The van der Waals surface area contributed by atoms with E-state index in [0.717, 1.165) is 13.0 Å². The first kappa shape index (κ1) is 10.6. The normalized spacial score (nSPS) is 27.4. The van der Waals surface area contributed by atoms with E-state index in [4.69, 9.17) is 4.42 Å². The molecule has 0 saturated carbocycles. The van der Waals surface area contributed by atoms with Gasteiger partial charge in [0.05, 0.1) is 13.2 Å². The molecule has 1 N–H and O–H groups in total. The number of aliphatic hydroxyl groups excluding tert-OH is 1. The largest absolute Gasteiger partial charge is 0.424 e. The van der Waals surface area contributed by atoms with Gasteiger partial charge in [-0.1, -0.05) is 6.92 Å². The van der Waals surface area contributed by atoms with Crippen molar-refractivity contribution < 1.29 is 9.52 Å². The van der Waals surface area contributed by atoms with Crippen LogP contribution in [0.25, 0.3) is 0 Å². The molecule has 1 saturated heterocycles. The summed E-state index contributed by atoms with van der Waals surface area (Å²) in [5, 5.41) is 17.0. The highest BCUT2D eigenvalue weighted by Gasteiger charge is 2.31. The molecule has 1 aromatic heterocycles. The van der Waals surface area contributed by atoms with Gasteiger partial charge < -0.3 is 9.52 Å². The molecule has 0 aliphatic carbocycles. The molecule has 0 amide bonds. The standard InChI is InChI=1S/C10H17N3O2/c1-7-3-4-13(9(7)6-14)5-10-12-11-8(2)15-10/h7,9,14H,3-6H2,1-2H3. The quantitative estimate of drug-likeness (QED) is 0.792. The van der Waals surface area contributed by atoms with Gasteiger partial charge in [0.15, 0.2) is 0 Å². The fraction of sp³-hybridized carbons (Fsp3) is 0.800. The van der Waals surface area contributed by atoms with Gasteiger partial charge in [-0.15, -0.1) is 10.2 Å². The Balaban J connectivity index is 2.00. The average molecular weight is 211 g/mol. The van der Waals surface area contributed by atoms with Crippen molar-refractivity contribution in [2.24, 2.45) is 5.92 Å². The Morgan fingerprint density at radius 1 is 1.53 bits per heavy atom. The molecule has 1 aliphatic heterocycles. The van der Waals surface area contributed by atoms with Gasteiger partial charge in [0.2, 0.25) is 11.8 Å². The van der Waals surface area contributed by atoms with Crippen molar-refractivity contribution in [3.63, 3.8) is 0 Å². The summed E-state index contributed by atoms with van der Waals surface area (Å²) in [6, 6.07) is 0.234. The number of aromatic nitrogens is 2. The SMILES string of the molecule is Cc1nnc(CN2CCC(C)C2CO)o1. The summed E-state index contributed by atoms with van der Waals surface area (Å²) < 4.78 is 5.33. The fourth-order valence-corrected chi connectivity index (χ4v) is 2.15. The summed E-state index contributed by atoms with van der Waals surface area (Å²) >= 11 is 0. The van der Waals surface area contributed by atoms with E-state index in [1.54, 1.807) is 6.92 Å². The first-order valence-corrected chi connectivity index (χ1v) is 5.34. The van der Waals surface area contributed by atoms with Gasteiger partial charge in [-0.2, -0.15) is 0 Å². The smallest absolute Gasteiger partial charge is 0.230 e. The third-order valence-corrected chi connectivity index (χ3v) is 3.09. The summed E-state index contributed by atoms with van der Waals surface area (Å²) in [5.41, 5.74) is 0. The van der Waals surface area contributed by atoms with Gasteiger partial charge in [-0.25, -0.2) is 0 Å². The van der Waals surface area contributed by atoms with E-state index in [1.807, 2.05) is 0 Å². The maximum absolute atomic E-state index is 9.28. The number of hydrogen-bond acceptors (Lipinski definition) is 5. The van der Waals surface area contributed by atoms with Gasteiger partial charge in [-0.05, 0) is 18.9 Å². The molecule has 0 spiro atoms. The summed E-state index contributed by atoms with van der Waals surface area (Å²) in [5.74, 6) is 1.77. The van der Waals surface area contributed by atoms with Crippen molar-refractivity contribution in [2.75, 3.05) is 13.2 Å². The zero-order chi connectivity index (χ0) is 10.8. The Morgan fingerprint density at radius 3 is 2.93 bits per heavy atom. The van der Waals surface area contributed by atoms with E-state index in [1.165, 1.54) is 0 Å². The van der Waals surface area contributed by atoms with Gasteiger partial charge in [0.25, 0.3) is 0 Å². The van der Waals surface area contributed by atoms with Gasteiger partial charge in [0.1, 0.15) is 0 Å². The zero-order valence-electron chi connectivity index (χ0n) is 9.18. The predicted molar refractivity (Wildman–Crippen MR) is 54.1 cm³/mol. The number of aryl methyl sites for hydroxylation is 1. The van der Waals surface area contributed by atoms with Crippen LogP contribution in [-0.4, -0.2) is 39.4 Å². The van der Waals surface area contributed by atoms with Crippen LogP contribution >= 0.6 is 0 Å². The maximum Gasteiger partial charge on any atom is 0.230 e. The molecule has 84 valence electrons. The summed E-state index contributed by atoms with van der Waals surface area (Å²) in [7, 11) is 0. The Kier molecular flexibility index (Phi) is 3.02. The molecular formula is C10H17N3O2. The minimum Gasteiger partial charge on any atom is -0.424 e. The van der Waals surface area contributed by atoms with Gasteiger partial charge in [-0.3, -0.25) is 4.90 Å². The lowest BCUT2D eigenvalue weighted by molar-refractivity contribution is 0.126. The minimum atomic E-state index is 0.203. The third-order valence-electron chi connectivity index (χ3n) is 3.09. The molecule has 1 aliphatic rings. The molecule has 1 fully saturated rings. The minimum absolute atomic E-state index is 0.203. The van der Waals surface area contributed by atoms with Crippen LogP contribution in [0.15, 0.2) is 4.42 Å². The predicted octanol–water partition coefficient (Wildman–Crippen LogP) is 0.581. The highest BCUT2D eigenvalue weighted by atomic mass is 16.4. The lowest BCUT2D eigenvalue weighted by atomic mass is 10.0. The second kappa shape index (κ2) is 4.28. The van der Waals surface area contributed by atoms with E-state index in [0.29, 0.717) is 24.2 Å². The van der Waals surface area contributed by atoms with E-state index in [9.17, 15) is 5.11 Å². The van der Waals surface area contributed by atoms with Crippen molar-refractivity contribution in [3.05, 3.63) is 11.8 Å². The number of aliphatic hydroxyl groups is 1. The molecular weight excluding hydrogens is 194 g/mol. The topological polar surface area (TPSA) is 62.4 Å². The summed E-state index contributed by atoms with van der Waals surface area (Å²) in [6.07, 6.45) is 1.12. The molecule has 0 bridgehead atoms. The molecule has 0 aromatic carbocycles. The van der Waals surface area contributed by atoms with Crippen LogP contribution in [-0.2, 0) is 6.54 Å². The van der Waals surface area contributed by atoms with Crippen LogP contribution in [0, 0.1) is 12.8 Å². The summed E-state index contributed by atoms with van der Waals surface area (Å²) in [4.78, 5) is 2.21. The number of rotatable bonds is 3. The van der Waals surface area contributed by atoms with E-state index >= 15 is 0 Å². The number of hydrogen-bond donors (Lipinski definition) is 1. The van der Waals surface area contributed by atoms with Crippen molar-refractivity contribution in [1.29, 1.82) is 0 Å². The molecule has 2 rings (SSSR count). The maximum atomic E-state index is 9.28. The molecule has 1 aromatic rings. The van der Waals surface area contributed by atoms with E-state index in [2.05, 4.69) is 22.0 Å². The van der Waals surface area contributed by atoms with Crippen molar-refractivity contribution >= 4 is 0 Å². The Morgan fingerprint density at radius 2 is 2.33 bits per heavy atom. The zero-order valence-corrected chi connectivity index (χ0v) is 9.18. The lowest BCUT2D eigenvalue weighted by Crippen LogP contribution is -2.34. The molecule has 2 unspecified atom stereocenters. The molecule has 0 radical (unpaired) electrons.